The summed E-state index contributed by atoms with van der Waals surface area (Å²) >= 11 is 0. The molecule has 222 valence electrons. The van der Waals surface area contributed by atoms with E-state index < -0.39 is 0 Å². The lowest BCUT2D eigenvalue weighted by Crippen LogP contribution is -1.99. The van der Waals surface area contributed by atoms with Crippen LogP contribution in [0.2, 0.25) is 0 Å². The first-order valence-electron chi connectivity index (χ1n) is 15.9. The van der Waals surface area contributed by atoms with Crippen LogP contribution in [0, 0.1) is 22.7 Å². The number of benzene rings is 7. The minimum atomic E-state index is 0.596. The molecule has 0 atom stereocenters. The highest BCUT2D eigenvalue weighted by Crippen LogP contribution is 2.39. The van der Waals surface area contributed by atoms with Crippen LogP contribution in [0.4, 0.5) is 0 Å². The maximum absolute atomic E-state index is 10.2. The Morgan fingerprint density at radius 3 is 1.38 bits per heavy atom. The number of hydrogen-bond donors (Lipinski definition) is 0. The normalized spacial score (nSPS) is 11.3. The summed E-state index contributed by atoms with van der Waals surface area (Å²) in [4.78, 5) is 0. The molecule has 0 saturated heterocycles. The Bertz CT molecular complexity index is 2690. The van der Waals surface area contributed by atoms with E-state index in [1.165, 1.54) is 21.5 Å². The van der Waals surface area contributed by atoms with Gasteiger partial charge in [0.2, 0.25) is 0 Å². The Hall–Kier alpha value is -6.88. The van der Waals surface area contributed by atoms with E-state index in [1.807, 2.05) is 36.4 Å². The molecule has 0 amide bonds. The molecule has 0 bridgehead atoms. The molecule has 0 aliphatic carbocycles. The van der Waals surface area contributed by atoms with E-state index in [9.17, 15) is 10.5 Å². The number of para-hydroxylation sites is 4. The van der Waals surface area contributed by atoms with Gasteiger partial charge in [0, 0.05) is 32.8 Å². The van der Waals surface area contributed by atoms with Crippen molar-refractivity contribution in [2.45, 2.75) is 0 Å². The van der Waals surface area contributed by atoms with Crippen molar-refractivity contribution in [1.29, 1.82) is 10.5 Å². The fourth-order valence-corrected chi connectivity index (χ4v) is 7.22. The molecule has 0 aliphatic heterocycles. The van der Waals surface area contributed by atoms with Crippen molar-refractivity contribution in [3.05, 3.63) is 169 Å². The van der Waals surface area contributed by atoms with Crippen molar-refractivity contribution in [1.82, 2.24) is 9.13 Å². The van der Waals surface area contributed by atoms with Crippen molar-refractivity contribution in [2.75, 3.05) is 0 Å². The average Bonchev–Trinajstić information content (AvgIpc) is 3.67. The molecule has 48 heavy (non-hydrogen) atoms. The second kappa shape index (κ2) is 10.9. The van der Waals surface area contributed by atoms with Gasteiger partial charge in [0.15, 0.2) is 0 Å². The van der Waals surface area contributed by atoms with Crippen LogP contribution in [0.3, 0.4) is 0 Å². The quantitative estimate of drug-likeness (QED) is 0.199. The van der Waals surface area contributed by atoms with Crippen LogP contribution < -0.4 is 0 Å². The lowest BCUT2D eigenvalue weighted by molar-refractivity contribution is 1.17. The fourth-order valence-electron chi connectivity index (χ4n) is 7.22. The SMILES string of the molecule is N#Cc1ccc(-c2ccc(-c3cc(C#N)cc(-n4c5ccccc5c5ccccc54)c3)cc2-n2c3ccccc3c3ccccc32)cc1. The Morgan fingerprint density at radius 1 is 0.375 bits per heavy atom. The molecule has 4 heteroatoms. The molecule has 0 unspecified atom stereocenters. The second-order valence-corrected chi connectivity index (χ2v) is 12.0. The monoisotopic (exact) mass is 610 g/mol. The van der Waals surface area contributed by atoms with Gasteiger partial charge in [0.1, 0.15) is 0 Å². The maximum atomic E-state index is 10.2. The third-order valence-electron chi connectivity index (χ3n) is 9.36. The molecule has 4 nitrogen and oxygen atoms in total. The van der Waals surface area contributed by atoms with Crippen molar-refractivity contribution >= 4 is 43.6 Å². The van der Waals surface area contributed by atoms with Crippen LogP contribution >= 0.6 is 0 Å². The van der Waals surface area contributed by atoms with Gasteiger partial charge in [-0.15, -0.1) is 0 Å². The lowest BCUT2D eigenvalue weighted by atomic mass is 9.96. The van der Waals surface area contributed by atoms with E-state index in [0.717, 1.165) is 55.7 Å². The average molecular weight is 611 g/mol. The highest BCUT2D eigenvalue weighted by Gasteiger charge is 2.18. The second-order valence-electron chi connectivity index (χ2n) is 12.0. The number of nitrogens with zero attached hydrogens (tertiary/aromatic N) is 4. The van der Waals surface area contributed by atoms with Gasteiger partial charge >= 0.3 is 0 Å². The highest BCUT2D eigenvalue weighted by molar-refractivity contribution is 6.10. The van der Waals surface area contributed by atoms with Crippen molar-refractivity contribution in [2.24, 2.45) is 0 Å². The van der Waals surface area contributed by atoms with Crippen LogP contribution in [0.1, 0.15) is 11.1 Å². The van der Waals surface area contributed by atoms with Crippen molar-refractivity contribution in [3.8, 4) is 45.8 Å². The van der Waals surface area contributed by atoms with Crippen LogP contribution in [-0.4, -0.2) is 9.13 Å². The molecule has 2 heterocycles. The summed E-state index contributed by atoms with van der Waals surface area (Å²) in [5.41, 5.74) is 11.6. The first-order chi connectivity index (χ1) is 23.7. The number of nitriles is 2. The predicted molar refractivity (Wildman–Crippen MR) is 195 cm³/mol. The van der Waals surface area contributed by atoms with Gasteiger partial charge in [-0.3, -0.25) is 0 Å². The van der Waals surface area contributed by atoms with E-state index in [0.29, 0.717) is 11.1 Å². The van der Waals surface area contributed by atoms with E-state index in [4.69, 9.17) is 0 Å². The molecule has 0 fully saturated rings. The number of hydrogen-bond acceptors (Lipinski definition) is 2. The van der Waals surface area contributed by atoms with E-state index >= 15 is 0 Å². The summed E-state index contributed by atoms with van der Waals surface area (Å²) in [6, 6.07) is 59.0. The molecule has 0 radical (unpaired) electrons. The summed E-state index contributed by atoms with van der Waals surface area (Å²) < 4.78 is 4.59. The molecule has 0 saturated carbocycles. The Balaban J connectivity index is 1.32. The van der Waals surface area contributed by atoms with Gasteiger partial charge < -0.3 is 9.13 Å². The van der Waals surface area contributed by atoms with Gasteiger partial charge in [0.05, 0.1) is 51.0 Å². The molecule has 0 spiro atoms. The molecule has 0 aliphatic rings. The summed E-state index contributed by atoms with van der Waals surface area (Å²) in [5.74, 6) is 0. The minimum absolute atomic E-state index is 0.596. The standard InChI is InChI=1S/C44H26N4/c45-27-29-17-19-31(20-18-29)35-22-21-32(26-44(35)48-42-15-7-3-11-38(42)39-12-4-8-16-43(39)48)33-23-30(28-46)24-34(25-33)47-40-13-5-1-9-36(40)37-10-2-6-14-41(37)47/h1-26H. The van der Waals surface area contributed by atoms with Crippen LogP contribution in [0.15, 0.2) is 158 Å². The molecular formula is C44H26N4. The molecular weight excluding hydrogens is 585 g/mol. The minimum Gasteiger partial charge on any atom is -0.309 e. The van der Waals surface area contributed by atoms with E-state index in [-0.39, 0.29) is 0 Å². The van der Waals surface area contributed by atoms with Gasteiger partial charge in [-0.05, 0) is 77.4 Å². The van der Waals surface area contributed by atoms with Gasteiger partial charge in [-0.2, -0.15) is 10.5 Å². The highest BCUT2D eigenvalue weighted by atomic mass is 15.0. The van der Waals surface area contributed by atoms with E-state index in [1.54, 1.807) is 0 Å². The molecule has 9 rings (SSSR count). The molecule has 7 aromatic carbocycles. The smallest absolute Gasteiger partial charge is 0.0992 e. The molecule has 9 aromatic rings. The van der Waals surface area contributed by atoms with Crippen LogP contribution in [0.5, 0.6) is 0 Å². The lowest BCUT2D eigenvalue weighted by Gasteiger charge is -2.17. The third-order valence-corrected chi connectivity index (χ3v) is 9.36. The van der Waals surface area contributed by atoms with E-state index in [2.05, 4.69) is 143 Å². The van der Waals surface area contributed by atoms with Crippen molar-refractivity contribution in [3.63, 3.8) is 0 Å². The maximum Gasteiger partial charge on any atom is 0.0992 e. The molecule has 2 aromatic heterocycles. The summed E-state index contributed by atoms with van der Waals surface area (Å²) in [6.45, 7) is 0. The first-order valence-corrected chi connectivity index (χ1v) is 15.9. The van der Waals surface area contributed by atoms with Gasteiger partial charge in [-0.25, -0.2) is 0 Å². The van der Waals surface area contributed by atoms with Gasteiger partial charge in [-0.1, -0.05) is 97.1 Å². The zero-order valence-electron chi connectivity index (χ0n) is 25.8. The van der Waals surface area contributed by atoms with Crippen LogP contribution in [0.25, 0.3) is 77.2 Å². The van der Waals surface area contributed by atoms with Crippen molar-refractivity contribution < 1.29 is 0 Å². The zero-order chi connectivity index (χ0) is 32.2. The Morgan fingerprint density at radius 2 is 0.854 bits per heavy atom. The predicted octanol–water partition coefficient (Wildman–Crippen LogP) is 11.0. The first kappa shape index (κ1) is 27.4. The summed E-state index contributed by atoms with van der Waals surface area (Å²) in [5, 5.41) is 24.4. The topological polar surface area (TPSA) is 57.4 Å². The Kier molecular flexibility index (Phi) is 6.22. The Labute approximate surface area is 277 Å². The number of rotatable bonds is 4. The zero-order valence-corrected chi connectivity index (χ0v) is 25.8. The fraction of sp³-hybridized carbons (Fsp3) is 0. The van der Waals surface area contributed by atoms with Gasteiger partial charge in [0.25, 0.3) is 0 Å². The largest absolute Gasteiger partial charge is 0.309 e. The van der Waals surface area contributed by atoms with Crippen LogP contribution in [-0.2, 0) is 0 Å². The number of fused-ring (bicyclic) bond motifs is 6. The number of aromatic nitrogens is 2. The molecule has 0 N–H and O–H groups in total. The third kappa shape index (κ3) is 4.22. The summed E-state index contributed by atoms with van der Waals surface area (Å²) in [7, 11) is 0. The summed E-state index contributed by atoms with van der Waals surface area (Å²) in [6.07, 6.45) is 0.